The van der Waals surface area contributed by atoms with Crippen molar-refractivity contribution in [3.8, 4) is 0 Å². The van der Waals surface area contributed by atoms with Crippen molar-refractivity contribution in [1.29, 1.82) is 0 Å². The number of nitrogens with one attached hydrogen (secondary N) is 1. The van der Waals surface area contributed by atoms with E-state index in [1.54, 1.807) is 26.0 Å². The predicted octanol–water partition coefficient (Wildman–Crippen LogP) is 2.43. The molecule has 0 bridgehead atoms. The van der Waals surface area contributed by atoms with Gasteiger partial charge in [-0.1, -0.05) is 12.1 Å². The van der Waals surface area contributed by atoms with Crippen LogP contribution in [-0.2, 0) is 10.3 Å². The van der Waals surface area contributed by atoms with Gasteiger partial charge in [-0.3, -0.25) is 5.32 Å². The van der Waals surface area contributed by atoms with Gasteiger partial charge in [0.25, 0.3) is 0 Å². The Morgan fingerprint density at radius 1 is 1.56 bits per heavy atom. The van der Waals surface area contributed by atoms with Crippen molar-refractivity contribution in [2.75, 3.05) is 6.54 Å². The molecule has 1 aromatic carbocycles. The number of benzene rings is 1. The van der Waals surface area contributed by atoms with Gasteiger partial charge in [-0.15, -0.1) is 0 Å². The number of rotatable bonds is 5. The lowest BCUT2D eigenvalue weighted by molar-refractivity contribution is -0.144. The lowest BCUT2D eigenvalue weighted by Crippen LogP contribution is -2.47. The molecule has 0 saturated heterocycles. The molecule has 1 atom stereocenters. The van der Waals surface area contributed by atoms with E-state index >= 15 is 0 Å². The molecule has 0 spiro atoms. The molecule has 2 N–H and O–H groups in total. The molecule has 0 radical (unpaired) electrons. The predicted molar refractivity (Wildman–Crippen MR) is 66.9 cm³/mol. The number of halogens is 1. The fourth-order valence-electron chi connectivity index (χ4n) is 1.88. The molecule has 18 heavy (non-hydrogen) atoms. The van der Waals surface area contributed by atoms with Gasteiger partial charge in [0.2, 0.25) is 0 Å². The van der Waals surface area contributed by atoms with E-state index in [1.807, 2.05) is 0 Å². The highest BCUT2D eigenvalue weighted by Gasteiger charge is 2.37. The summed E-state index contributed by atoms with van der Waals surface area (Å²) in [5, 5.41) is 12.4. The Morgan fingerprint density at radius 2 is 2.22 bits per heavy atom. The molecule has 2 rings (SSSR count). The van der Waals surface area contributed by atoms with E-state index in [9.17, 15) is 14.3 Å². The standard InChI is InChI=1S/C14H18FNO2/c1-9-3-6-11(7-12(9)15)14(2,13(17)18)16-8-10-4-5-10/h3,6-7,10,16H,4-5,8H2,1-2H3,(H,17,18). The monoisotopic (exact) mass is 251 g/mol. The lowest BCUT2D eigenvalue weighted by atomic mass is 9.91. The van der Waals surface area contributed by atoms with Crippen LogP contribution in [0.5, 0.6) is 0 Å². The van der Waals surface area contributed by atoms with Crippen molar-refractivity contribution in [2.24, 2.45) is 5.92 Å². The third-order valence-electron chi connectivity index (χ3n) is 3.62. The molecular formula is C14H18FNO2. The van der Waals surface area contributed by atoms with Crippen LogP contribution in [0, 0.1) is 18.7 Å². The molecule has 1 aromatic rings. The Morgan fingerprint density at radius 3 is 2.72 bits per heavy atom. The zero-order valence-corrected chi connectivity index (χ0v) is 10.7. The average Bonchev–Trinajstić information content (AvgIpc) is 3.13. The van der Waals surface area contributed by atoms with Gasteiger partial charge < -0.3 is 5.11 Å². The molecule has 1 saturated carbocycles. The van der Waals surface area contributed by atoms with E-state index in [0.717, 1.165) is 12.8 Å². The van der Waals surface area contributed by atoms with Crippen LogP contribution in [0.3, 0.4) is 0 Å². The summed E-state index contributed by atoms with van der Waals surface area (Å²) in [5.41, 5.74) is -0.246. The molecule has 98 valence electrons. The van der Waals surface area contributed by atoms with Crippen LogP contribution >= 0.6 is 0 Å². The van der Waals surface area contributed by atoms with Crippen LogP contribution in [-0.4, -0.2) is 17.6 Å². The summed E-state index contributed by atoms with van der Waals surface area (Å²) >= 11 is 0. The Hall–Kier alpha value is -1.42. The molecule has 3 nitrogen and oxygen atoms in total. The molecule has 0 aromatic heterocycles. The van der Waals surface area contributed by atoms with Gasteiger partial charge in [0.05, 0.1) is 0 Å². The minimum atomic E-state index is -1.23. The highest BCUT2D eigenvalue weighted by Crippen LogP contribution is 2.30. The quantitative estimate of drug-likeness (QED) is 0.845. The number of hydrogen-bond acceptors (Lipinski definition) is 2. The molecule has 1 aliphatic carbocycles. The highest BCUT2D eigenvalue weighted by molar-refractivity contribution is 5.80. The van der Waals surface area contributed by atoms with Gasteiger partial charge in [0.15, 0.2) is 0 Å². The second-order valence-electron chi connectivity index (χ2n) is 5.22. The van der Waals surface area contributed by atoms with Crippen molar-refractivity contribution in [1.82, 2.24) is 5.32 Å². The van der Waals surface area contributed by atoms with Gasteiger partial charge in [-0.2, -0.15) is 0 Å². The molecule has 0 aliphatic heterocycles. The number of hydrogen-bond donors (Lipinski definition) is 2. The Bertz CT molecular complexity index is 471. The van der Waals surface area contributed by atoms with Crippen LogP contribution in [0.2, 0.25) is 0 Å². The van der Waals surface area contributed by atoms with Crippen molar-refractivity contribution in [2.45, 2.75) is 32.2 Å². The van der Waals surface area contributed by atoms with E-state index in [4.69, 9.17) is 0 Å². The molecule has 1 aliphatic rings. The van der Waals surface area contributed by atoms with Crippen LogP contribution in [0.1, 0.15) is 30.9 Å². The minimum Gasteiger partial charge on any atom is -0.480 e. The molecule has 1 fully saturated rings. The fraction of sp³-hybridized carbons (Fsp3) is 0.500. The SMILES string of the molecule is Cc1ccc(C(C)(NCC2CC2)C(=O)O)cc1F. The molecule has 0 heterocycles. The third-order valence-corrected chi connectivity index (χ3v) is 3.62. The summed E-state index contributed by atoms with van der Waals surface area (Å²) in [7, 11) is 0. The van der Waals surface area contributed by atoms with E-state index in [2.05, 4.69) is 5.32 Å². The summed E-state index contributed by atoms with van der Waals surface area (Å²) in [4.78, 5) is 11.5. The van der Waals surface area contributed by atoms with Crippen molar-refractivity contribution in [3.05, 3.63) is 35.1 Å². The Kier molecular flexibility index (Phi) is 3.39. The lowest BCUT2D eigenvalue weighted by Gasteiger charge is -2.27. The van der Waals surface area contributed by atoms with Crippen LogP contribution in [0.4, 0.5) is 4.39 Å². The van der Waals surface area contributed by atoms with Crippen LogP contribution in [0.25, 0.3) is 0 Å². The molecule has 0 amide bonds. The van der Waals surface area contributed by atoms with E-state index < -0.39 is 11.5 Å². The van der Waals surface area contributed by atoms with Gasteiger partial charge >= 0.3 is 5.97 Å². The number of carboxylic acid groups (broad SMARTS) is 1. The first kappa shape index (κ1) is 13.0. The van der Waals surface area contributed by atoms with Crippen molar-refractivity contribution >= 4 is 5.97 Å². The molecule has 4 heteroatoms. The normalized spacial score (nSPS) is 18.4. The van der Waals surface area contributed by atoms with Crippen LogP contribution in [0.15, 0.2) is 18.2 Å². The Balaban J connectivity index is 2.26. The number of aryl methyl sites for hydroxylation is 1. The van der Waals surface area contributed by atoms with Crippen molar-refractivity contribution in [3.63, 3.8) is 0 Å². The largest absolute Gasteiger partial charge is 0.480 e. The smallest absolute Gasteiger partial charge is 0.328 e. The maximum absolute atomic E-state index is 13.6. The number of carboxylic acids is 1. The first-order valence-corrected chi connectivity index (χ1v) is 6.18. The summed E-state index contributed by atoms with van der Waals surface area (Å²) < 4.78 is 13.6. The third kappa shape index (κ3) is 2.53. The molecular weight excluding hydrogens is 233 g/mol. The first-order valence-electron chi connectivity index (χ1n) is 6.18. The highest BCUT2D eigenvalue weighted by atomic mass is 19.1. The second kappa shape index (κ2) is 4.69. The molecule has 1 unspecified atom stereocenters. The zero-order valence-electron chi connectivity index (χ0n) is 10.7. The van der Waals surface area contributed by atoms with Gasteiger partial charge in [0, 0.05) is 0 Å². The summed E-state index contributed by atoms with van der Waals surface area (Å²) in [6.45, 7) is 3.91. The summed E-state index contributed by atoms with van der Waals surface area (Å²) in [6, 6.07) is 4.60. The first-order chi connectivity index (χ1) is 8.43. The van der Waals surface area contributed by atoms with Gasteiger partial charge in [-0.25, -0.2) is 9.18 Å². The van der Waals surface area contributed by atoms with Gasteiger partial charge in [0.1, 0.15) is 11.4 Å². The maximum atomic E-state index is 13.6. The zero-order chi connectivity index (χ0) is 13.3. The number of carbonyl (C=O) groups is 1. The van der Waals surface area contributed by atoms with Gasteiger partial charge in [-0.05, 0) is 56.3 Å². The van der Waals surface area contributed by atoms with E-state index in [0.29, 0.717) is 23.6 Å². The topological polar surface area (TPSA) is 49.3 Å². The average molecular weight is 251 g/mol. The Labute approximate surface area is 106 Å². The minimum absolute atomic E-state index is 0.367. The fourth-order valence-corrected chi connectivity index (χ4v) is 1.88. The van der Waals surface area contributed by atoms with Crippen LogP contribution < -0.4 is 5.32 Å². The second-order valence-corrected chi connectivity index (χ2v) is 5.22. The van der Waals surface area contributed by atoms with E-state index in [-0.39, 0.29) is 5.82 Å². The summed E-state index contributed by atoms with van der Waals surface area (Å²) in [6.07, 6.45) is 2.29. The number of aliphatic carboxylic acids is 1. The van der Waals surface area contributed by atoms with Crippen molar-refractivity contribution < 1.29 is 14.3 Å². The maximum Gasteiger partial charge on any atom is 0.328 e. The summed E-state index contributed by atoms with van der Waals surface area (Å²) in [5.74, 6) is -0.779. The van der Waals surface area contributed by atoms with E-state index in [1.165, 1.54) is 6.07 Å².